The Hall–Kier alpha value is 0.130. The van der Waals surface area contributed by atoms with Crippen LogP contribution in [0.4, 0.5) is 0 Å². The Morgan fingerprint density at radius 1 is 1.62 bits per heavy atom. The lowest BCUT2D eigenvalue weighted by Crippen LogP contribution is -2.30. The molecule has 0 heterocycles. The van der Waals surface area contributed by atoms with Gasteiger partial charge in [-0.05, 0) is 31.2 Å². The van der Waals surface area contributed by atoms with E-state index in [-0.39, 0.29) is 16.6 Å². The molecule has 0 aromatic heterocycles. The zero-order chi connectivity index (χ0) is 10.5. The summed E-state index contributed by atoms with van der Waals surface area (Å²) in [7, 11) is 4.52. The summed E-state index contributed by atoms with van der Waals surface area (Å²) in [6.07, 6.45) is 0.835. The minimum atomic E-state index is 0.0413. The van der Waals surface area contributed by atoms with Crippen molar-refractivity contribution in [3.05, 3.63) is 0 Å². The average Bonchev–Trinajstić information content (AvgIpc) is 2.01. The van der Waals surface area contributed by atoms with Gasteiger partial charge in [-0.25, -0.2) is 0 Å². The lowest BCUT2D eigenvalue weighted by molar-refractivity contribution is -0.124. The van der Waals surface area contributed by atoms with Gasteiger partial charge in [0.15, 0.2) is 0 Å². The van der Waals surface area contributed by atoms with Crippen LogP contribution in [0.25, 0.3) is 0 Å². The second kappa shape index (κ2) is 5.78. The molecule has 0 saturated heterocycles. The number of nitrogens with two attached hydrogens (primary N) is 1. The van der Waals surface area contributed by atoms with Crippen molar-refractivity contribution in [2.24, 2.45) is 11.1 Å². The van der Waals surface area contributed by atoms with Gasteiger partial charge in [0.05, 0.1) is 0 Å². The molecule has 0 aliphatic rings. The monoisotopic (exact) mass is 222 g/mol. The number of amides is 1. The number of hydrogen-bond donors (Lipinski definition) is 2. The third-order valence-corrected chi connectivity index (χ3v) is 4.12. The maximum atomic E-state index is 11.2. The molecule has 0 radical (unpaired) electrons. The molecule has 1 amide bonds. The molecule has 5 heteroatoms. The second-order valence-electron chi connectivity index (χ2n) is 3.66. The first-order chi connectivity index (χ1) is 5.93. The van der Waals surface area contributed by atoms with Crippen molar-refractivity contribution in [1.29, 1.82) is 0 Å². The molecule has 0 rings (SSSR count). The third-order valence-electron chi connectivity index (χ3n) is 1.77. The van der Waals surface area contributed by atoms with Crippen LogP contribution in [0, 0.1) is 5.92 Å². The van der Waals surface area contributed by atoms with E-state index in [1.165, 1.54) is 11.0 Å². The predicted octanol–water partition coefficient (Wildman–Crippen LogP) is 1.79. The highest BCUT2D eigenvalue weighted by molar-refractivity contribution is 8.76. The number of carbonyl (C=O) groups excluding carboxylic acids is 1. The van der Waals surface area contributed by atoms with Crippen LogP contribution in [-0.4, -0.2) is 17.7 Å². The van der Waals surface area contributed by atoms with E-state index in [1.54, 1.807) is 17.8 Å². The zero-order valence-electron chi connectivity index (χ0n) is 8.59. The van der Waals surface area contributed by atoms with Crippen molar-refractivity contribution in [3.8, 4) is 0 Å². The molecule has 1 unspecified atom stereocenters. The summed E-state index contributed by atoms with van der Waals surface area (Å²) in [5, 5.41) is 8.02. The van der Waals surface area contributed by atoms with Crippen molar-refractivity contribution in [3.63, 3.8) is 0 Å². The van der Waals surface area contributed by atoms with Gasteiger partial charge in [-0.2, -0.15) is 0 Å². The van der Waals surface area contributed by atoms with Crippen molar-refractivity contribution < 1.29 is 4.79 Å². The highest BCUT2D eigenvalue weighted by atomic mass is 33.1. The Balaban J connectivity index is 4.02. The Bertz CT molecular complexity index is 174. The van der Waals surface area contributed by atoms with Crippen molar-refractivity contribution in [1.82, 2.24) is 5.32 Å². The van der Waals surface area contributed by atoms with E-state index >= 15 is 0 Å². The van der Waals surface area contributed by atoms with Crippen LogP contribution in [0.2, 0.25) is 0 Å². The van der Waals surface area contributed by atoms with Gasteiger partial charge in [-0.1, -0.05) is 17.7 Å². The topological polar surface area (TPSA) is 55.1 Å². The first-order valence-corrected chi connectivity index (χ1v) is 6.40. The Morgan fingerprint density at radius 2 is 2.15 bits per heavy atom. The molecule has 0 bridgehead atoms. The smallest absolute Gasteiger partial charge is 0.222 e. The minimum absolute atomic E-state index is 0.0413. The summed E-state index contributed by atoms with van der Waals surface area (Å²) < 4.78 is 0.0470. The van der Waals surface area contributed by atoms with Gasteiger partial charge in [0.2, 0.25) is 5.91 Å². The quantitative estimate of drug-likeness (QED) is 0.550. The van der Waals surface area contributed by atoms with E-state index in [0.717, 1.165) is 6.42 Å². The lowest BCUT2D eigenvalue weighted by Gasteiger charge is -2.25. The van der Waals surface area contributed by atoms with Crippen molar-refractivity contribution >= 4 is 27.7 Å². The highest BCUT2D eigenvalue weighted by Crippen LogP contribution is 2.36. The fraction of sp³-hybridized carbons (Fsp3) is 0.875. The number of hydrogen-bond acceptors (Lipinski definition) is 4. The summed E-state index contributed by atoms with van der Waals surface area (Å²) in [4.78, 5) is 11.2. The molecule has 0 aliphatic heterocycles. The number of carbonyl (C=O) groups is 1. The van der Waals surface area contributed by atoms with Gasteiger partial charge in [-0.3, -0.25) is 9.93 Å². The highest BCUT2D eigenvalue weighted by Gasteiger charge is 2.24. The normalized spacial score (nSPS) is 13.9. The molecule has 78 valence electrons. The fourth-order valence-electron chi connectivity index (χ4n) is 1.24. The van der Waals surface area contributed by atoms with E-state index in [0.29, 0.717) is 0 Å². The summed E-state index contributed by atoms with van der Waals surface area (Å²) >= 11 is 0. The molecule has 13 heavy (non-hydrogen) atoms. The number of rotatable bonds is 5. The van der Waals surface area contributed by atoms with Gasteiger partial charge >= 0.3 is 0 Å². The van der Waals surface area contributed by atoms with Crippen LogP contribution in [0.3, 0.4) is 0 Å². The van der Waals surface area contributed by atoms with Crippen LogP contribution in [0.5, 0.6) is 0 Å². The van der Waals surface area contributed by atoms with E-state index in [4.69, 9.17) is 5.14 Å². The van der Waals surface area contributed by atoms with Gasteiger partial charge < -0.3 is 5.32 Å². The standard InChI is InChI=1S/C8H18N2OS2/c1-6(7(11)10-4)5-8(2,3)12-13-9/h6H,5,9H2,1-4H3,(H,10,11). The largest absolute Gasteiger partial charge is 0.359 e. The molecule has 0 spiro atoms. The van der Waals surface area contributed by atoms with Gasteiger partial charge in [0.1, 0.15) is 0 Å². The van der Waals surface area contributed by atoms with Crippen LogP contribution >= 0.6 is 21.8 Å². The fourth-order valence-corrected chi connectivity index (χ4v) is 2.80. The molecule has 3 N–H and O–H groups in total. The molecule has 0 aliphatic carbocycles. The maximum Gasteiger partial charge on any atom is 0.222 e. The Kier molecular flexibility index (Phi) is 5.83. The summed E-state index contributed by atoms with van der Waals surface area (Å²) in [5.41, 5.74) is 0. The predicted molar refractivity (Wildman–Crippen MR) is 61.3 cm³/mol. The van der Waals surface area contributed by atoms with Crippen molar-refractivity contribution in [2.75, 3.05) is 7.05 Å². The van der Waals surface area contributed by atoms with Gasteiger partial charge in [0.25, 0.3) is 0 Å². The summed E-state index contributed by atoms with van der Waals surface area (Å²) in [6, 6.07) is 0. The Labute approximate surface area is 88.1 Å². The van der Waals surface area contributed by atoms with E-state index in [2.05, 4.69) is 19.2 Å². The number of nitrogens with one attached hydrogen (secondary N) is 1. The van der Waals surface area contributed by atoms with Crippen LogP contribution in [-0.2, 0) is 4.79 Å². The zero-order valence-corrected chi connectivity index (χ0v) is 10.2. The lowest BCUT2D eigenvalue weighted by atomic mass is 9.97. The first-order valence-electron chi connectivity index (χ1n) is 4.19. The second-order valence-corrected chi connectivity index (χ2v) is 6.20. The summed E-state index contributed by atoms with van der Waals surface area (Å²) in [6.45, 7) is 6.12. The summed E-state index contributed by atoms with van der Waals surface area (Å²) in [5.74, 6) is 0.135. The SMILES string of the molecule is CNC(=O)C(C)CC(C)(C)SSN. The molecule has 0 saturated carbocycles. The molecule has 3 nitrogen and oxygen atoms in total. The maximum absolute atomic E-state index is 11.2. The van der Waals surface area contributed by atoms with Gasteiger partial charge in [-0.15, -0.1) is 0 Å². The first kappa shape index (κ1) is 13.1. The molecule has 0 fully saturated rings. The Morgan fingerprint density at radius 3 is 2.54 bits per heavy atom. The molecule has 0 aromatic rings. The minimum Gasteiger partial charge on any atom is -0.359 e. The van der Waals surface area contributed by atoms with Crippen LogP contribution in [0.1, 0.15) is 27.2 Å². The van der Waals surface area contributed by atoms with Crippen molar-refractivity contribution in [2.45, 2.75) is 31.9 Å². The van der Waals surface area contributed by atoms with E-state index in [1.807, 2.05) is 6.92 Å². The van der Waals surface area contributed by atoms with E-state index < -0.39 is 0 Å². The molecular formula is C8H18N2OS2. The molecular weight excluding hydrogens is 204 g/mol. The molecule has 1 atom stereocenters. The van der Waals surface area contributed by atoms with Crippen LogP contribution in [0.15, 0.2) is 0 Å². The molecule has 0 aromatic carbocycles. The third kappa shape index (κ3) is 5.44. The average molecular weight is 222 g/mol. The van der Waals surface area contributed by atoms with Gasteiger partial charge in [0, 0.05) is 17.7 Å². The van der Waals surface area contributed by atoms with Crippen LogP contribution < -0.4 is 10.5 Å². The van der Waals surface area contributed by atoms with E-state index in [9.17, 15) is 4.79 Å².